The van der Waals surface area contributed by atoms with Crippen LogP contribution in [0, 0.1) is 5.92 Å². The third-order valence-electron chi connectivity index (χ3n) is 12.4. The Balaban J connectivity index is 0.722. The van der Waals surface area contributed by atoms with Gasteiger partial charge in [0.25, 0.3) is 17.7 Å². The van der Waals surface area contributed by atoms with E-state index in [1.807, 2.05) is 11.9 Å². The fourth-order valence-electron chi connectivity index (χ4n) is 8.83. The van der Waals surface area contributed by atoms with Gasteiger partial charge in [-0.25, -0.2) is 14.8 Å². The van der Waals surface area contributed by atoms with Gasteiger partial charge in [0.05, 0.1) is 36.1 Å². The maximum absolute atomic E-state index is 13.3. The average Bonchev–Trinajstić information content (AvgIpc) is 3.73. The molecule has 2 aromatic carbocycles. The summed E-state index contributed by atoms with van der Waals surface area (Å²) in [6, 6.07) is 11.4. The number of likely N-dealkylation sites (N-methyl/N-ethyl adjacent to an activating group) is 1. The number of fused-ring (bicyclic) bond motifs is 1. The molecule has 3 saturated heterocycles. The van der Waals surface area contributed by atoms with Gasteiger partial charge in [-0.3, -0.25) is 39.0 Å². The second kappa shape index (κ2) is 18.8. The van der Waals surface area contributed by atoms with Gasteiger partial charge < -0.3 is 40.5 Å². The fraction of sp³-hybridized carbons (Fsp3) is 0.477. The number of anilines is 3. The molecular weight excluding hydrogens is 813 g/mol. The zero-order chi connectivity index (χ0) is 44.2. The predicted octanol–water partition coefficient (Wildman–Crippen LogP) is 2.37. The second-order valence-electron chi connectivity index (χ2n) is 16.6. The van der Waals surface area contributed by atoms with E-state index in [9.17, 15) is 33.6 Å². The number of imide groups is 2. The minimum Gasteiger partial charge on any atom is -0.494 e. The SMILES string of the molecule is CN1CCN([C@@H]2CCCN(c3cnc(C(N)=O)c(Nc4ccc(OCCCNC(=O)C5CC(OCCCc6cccc7c6C(=O)N(C6CCC(=O)NC6=O)C7=O)C5)cc4)n3)C2)C1=O. The van der Waals surface area contributed by atoms with Gasteiger partial charge in [-0.15, -0.1) is 0 Å². The molecule has 1 aromatic heterocycles. The molecule has 8 amide bonds. The molecule has 1 aliphatic carbocycles. The molecule has 4 aliphatic heterocycles. The molecule has 0 radical (unpaired) electrons. The highest BCUT2D eigenvalue weighted by Crippen LogP contribution is 2.33. The Hall–Kier alpha value is -6.63. The van der Waals surface area contributed by atoms with Crippen LogP contribution in [0.2, 0.25) is 0 Å². The maximum Gasteiger partial charge on any atom is 0.320 e. The number of ether oxygens (including phenoxy) is 2. The number of carbonyl (C=O) groups excluding carboxylic acids is 7. The van der Waals surface area contributed by atoms with E-state index in [4.69, 9.17) is 20.2 Å². The van der Waals surface area contributed by atoms with E-state index in [0.29, 0.717) is 99.9 Å². The smallest absolute Gasteiger partial charge is 0.320 e. The van der Waals surface area contributed by atoms with Crippen LogP contribution in [-0.4, -0.2) is 137 Å². The molecule has 19 heteroatoms. The van der Waals surface area contributed by atoms with Gasteiger partial charge in [-0.2, -0.15) is 0 Å². The summed E-state index contributed by atoms with van der Waals surface area (Å²) in [6.07, 6.45) is 6.41. The number of aryl methyl sites for hydroxylation is 1. The van der Waals surface area contributed by atoms with Crippen LogP contribution >= 0.6 is 0 Å². The molecule has 0 spiro atoms. The zero-order valence-electron chi connectivity index (χ0n) is 35.2. The van der Waals surface area contributed by atoms with Gasteiger partial charge >= 0.3 is 6.03 Å². The Morgan fingerprint density at radius 2 is 1.76 bits per heavy atom. The number of aromatic nitrogens is 2. The number of rotatable bonds is 17. The van der Waals surface area contributed by atoms with Crippen LogP contribution in [0.5, 0.6) is 5.75 Å². The summed E-state index contributed by atoms with van der Waals surface area (Å²) in [5.41, 5.74) is 7.58. The number of primary amides is 1. The van der Waals surface area contributed by atoms with Crippen molar-refractivity contribution in [3.63, 3.8) is 0 Å². The highest BCUT2D eigenvalue weighted by Gasteiger charge is 2.45. The van der Waals surface area contributed by atoms with Gasteiger partial charge in [-0.1, -0.05) is 12.1 Å². The van der Waals surface area contributed by atoms with Crippen LogP contribution in [0.25, 0.3) is 0 Å². The van der Waals surface area contributed by atoms with E-state index in [0.717, 1.165) is 24.3 Å². The topological polar surface area (TPSA) is 239 Å². The summed E-state index contributed by atoms with van der Waals surface area (Å²) < 4.78 is 11.9. The lowest BCUT2D eigenvalue weighted by atomic mass is 9.81. The van der Waals surface area contributed by atoms with Crippen molar-refractivity contribution < 1.29 is 43.0 Å². The summed E-state index contributed by atoms with van der Waals surface area (Å²) in [5, 5.41) is 8.37. The Kier molecular flexibility index (Phi) is 12.8. The number of nitrogens with zero attached hydrogens (tertiary/aromatic N) is 6. The molecule has 5 N–H and O–H groups in total. The van der Waals surface area contributed by atoms with E-state index in [1.54, 1.807) is 53.6 Å². The molecule has 8 rings (SSSR count). The molecule has 3 aromatic rings. The highest BCUT2D eigenvalue weighted by molar-refractivity contribution is 6.24. The molecule has 0 bridgehead atoms. The monoisotopic (exact) mass is 864 g/mol. The van der Waals surface area contributed by atoms with Crippen molar-refractivity contribution in [2.24, 2.45) is 11.7 Å². The third kappa shape index (κ3) is 9.42. The normalized spacial score (nSPS) is 22.2. The number of carbonyl (C=O) groups is 7. The molecule has 2 atom stereocenters. The first kappa shape index (κ1) is 43.0. The number of hydrogen-bond donors (Lipinski definition) is 4. The first-order valence-corrected chi connectivity index (χ1v) is 21.6. The number of piperidine rings is 2. The van der Waals surface area contributed by atoms with Gasteiger partial charge in [0.15, 0.2) is 11.5 Å². The molecule has 63 heavy (non-hydrogen) atoms. The van der Waals surface area contributed by atoms with Crippen LogP contribution in [0.15, 0.2) is 48.7 Å². The summed E-state index contributed by atoms with van der Waals surface area (Å²) in [6.45, 7) is 4.04. The lowest BCUT2D eigenvalue weighted by molar-refractivity contribution is -0.136. The van der Waals surface area contributed by atoms with Gasteiger partial charge in [-0.05, 0) is 87.3 Å². The van der Waals surface area contributed by atoms with Crippen LogP contribution in [0.3, 0.4) is 0 Å². The minimum atomic E-state index is -1.01. The van der Waals surface area contributed by atoms with Crippen molar-refractivity contribution in [3.05, 3.63) is 71.0 Å². The van der Waals surface area contributed by atoms with Crippen LogP contribution in [0.4, 0.5) is 22.1 Å². The van der Waals surface area contributed by atoms with Crippen LogP contribution in [-0.2, 0) is 25.5 Å². The lowest BCUT2D eigenvalue weighted by Gasteiger charge is -2.37. The predicted molar refractivity (Wildman–Crippen MR) is 227 cm³/mol. The van der Waals surface area contributed by atoms with E-state index < -0.39 is 35.6 Å². The standard InChI is InChI=1S/C44H52N10O9/c1-51-18-19-53(44(51)61)29-8-3-17-52(25-29)34-24-47-37(38(45)56)39(49-34)48-28-10-12-30(13-11-28)62-21-5-16-46-40(57)27-22-31(23-27)63-20-4-7-26-6-2-9-32-36(26)43(60)54(42(32)59)33-14-15-35(55)50-41(33)58/h2,6,9-13,24,27,29,31,33H,3-5,7-8,14-23,25H2,1H3,(H2,45,56)(H,46,57)(H,48,49)(H,50,55,58)/t27?,29-,31?,33?/m1/s1. The highest BCUT2D eigenvalue weighted by atomic mass is 16.5. The summed E-state index contributed by atoms with van der Waals surface area (Å²) >= 11 is 0. The van der Waals surface area contributed by atoms with Gasteiger partial charge in [0, 0.05) is 64.4 Å². The number of urea groups is 1. The Bertz CT molecular complexity index is 2280. The van der Waals surface area contributed by atoms with Crippen LogP contribution in [0.1, 0.15) is 88.1 Å². The Labute approximate surface area is 364 Å². The molecular formula is C44H52N10O9. The van der Waals surface area contributed by atoms with Crippen molar-refractivity contribution in [1.82, 2.24) is 35.3 Å². The van der Waals surface area contributed by atoms with Crippen molar-refractivity contribution in [1.29, 1.82) is 0 Å². The summed E-state index contributed by atoms with van der Waals surface area (Å²) in [5.74, 6) is -1.51. The fourth-order valence-corrected chi connectivity index (χ4v) is 8.83. The Morgan fingerprint density at radius 3 is 2.51 bits per heavy atom. The zero-order valence-corrected chi connectivity index (χ0v) is 35.2. The molecule has 1 saturated carbocycles. The van der Waals surface area contributed by atoms with Gasteiger partial charge in [0.1, 0.15) is 17.6 Å². The maximum atomic E-state index is 13.3. The average molecular weight is 865 g/mol. The molecule has 5 aliphatic rings. The van der Waals surface area contributed by atoms with Crippen LogP contribution < -0.4 is 31.3 Å². The molecule has 332 valence electrons. The van der Waals surface area contributed by atoms with E-state index in [-0.39, 0.29) is 59.9 Å². The number of nitrogens with one attached hydrogen (secondary N) is 3. The van der Waals surface area contributed by atoms with E-state index in [2.05, 4.69) is 25.8 Å². The molecule has 19 nitrogen and oxygen atoms in total. The quantitative estimate of drug-likeness (QED) is 0.113. The van der Waals surface area contributed by atoms with E-state index >= 15 is 0 Å². The molecule has 1 unspecified atom stereocenters. The summed E-state index contributed by atoms with van der Waals surface area (Å²) in [4.78, 5) is 104. The van der Waals surface area contributed by atoms with Crippen molar-refractivity contribution in [2.45, 2.75) is 76.0 Å². The number of amides is 8. The number of hydrogen-bond acceptors (Lipinski definition) is 13. The lowest BCUT2D eigenvalue weighted by Crippen LogP contribution is -2.54. The van der Waals surface area contributed by atoms with Crippen molar-refractivity contribution in [2.75, 3.05) is 63.2 Å². The second-order valence-corrected chi connectivity index (χ2v) is 16.6. The molecule has 4 fully saturated rings. The van der Waals surface area contributed by atoms with Crippen molar-refractivity contribution >= 4 is 58.8 Å². The third-order valence-corrected chi connectivity index (χ3v) is 12.4. The first-order valence-electron chi connectivity index (χ1n) is 21.6. The van der Waals surface area contributed by atoms with Gasteiger partial charge in [0.2, 0.25) is 17.7 Å². The van der Waals surface area contributed by atoms with E-state index in [1.165, 1.54) is 0 Å². The first-order chi connectivity index (χ1) is 30.4. The molecule has 5 heterocycles. The van der Waals surface area contributed by atoms with Crippen molar-refractivity contribution in [3.8, 4) is 5.75 Å². The largest absolute Gasteiger partial charge is 0.494 e. The minimum absolute atomic E-state index is 0.0153. The number of benzene rings is 2. The summed E-state index contributed by atoms with van der Waals surface area (Å²) in [7, 11) is 1.81. The number of nitrogens with two attached hydrogens (primary N) is 1. The Morgan fingerprint density at radius 1 is 0.952 bits per heavy atom.